The second-order valence-corrected chi connectivity index (χ2v) is 6.34. The van der Waals surface area contributed by atoms with Crippen molar-refractivity contribution in [1.82, 2.24) is 19.4 Å². The van der Waals surface area contributed by atoms with Gasteiger partial charge in [0.2, 0.25) is 0 Å². The molecule has 24 heavy (non-hydrogen) atoms. The molecule has 0 saturated heterocycles. The van der Waals surface area contributed by atoms with Gasteiger partial charge in [-0.15, -0.1) is 0 Å². The number of pyridine rings is 1. The number of nitrogens with zero attached hydrogens (tertiary/aromatic N) is 4. The second-order valence-electron chi connectivity index (χ2n) is 6.34. The lowest BCUT2D eigenvalue weighted by molar-refractivity contribution is 0.402. The van der Waals surface area contributed by atoms with Crippen molar-refractivity contribution < 1.29 is 0 Å². The van der Waals surface area contributed by atoms with E-state index in [1.54, 1.807) is 0 Å². The van der Waals surface area contributed by atoms with Crippen molar-refractivity contribution in [2.24, 2.45) is 0 Å². The average molecular weight is 320 g/mol. The zero-order valence-electron chi connectivity index (χ0n) is 14.6. The normalized spacial score (nSPS) is 11.2. The largest absolute Gasteiger partial charge is 0.325 e. The molecule has 0 radical (unpaired) electrons. The third kappa shape index (κ3) is 3.89. The van der Waals surface area contributed by atoms with E-state index in [9.17, 15) is 0 Å². The van der Waals surface area contributed by atoms with Gasteiger partial charge in [-0.2, -0.15) is 0 Å². The molecular formula is C20H24N4. The Labute approximate surface area is 143 Å². The van der Waals surface area contributed by atoms with Crippen molar-refractivity contribution in [3.63, 3.8) is 0 Å². The van der Waals surface area contributed by atoms with Crippen LogP contribution in [0.5, 0.6) is 0 Å². The Hall–Kier alpha value is -2.46. The summed E-state index contributed by atoms with van der Waals surface area (Å²) in [6.45, 7) is 3.89. The van der Waals surface area contributed by atoms with Crippen molar-refractivity contribution in [1.29, 1.82) is 0 Å². The highest BCUT2D eigenvalue weighted by molar-refractivity contribution is 5.50. The Balaban J connectivity index is 1.83. The van der Waals surface area contributed by atoms with Gasteiger partial charge in [0, 0.05) is 31.7 Å². The summed E-state index contributed by atoms with van der Waals surface area (Å²) in [6.07, 6.45) is 6.80. The fourth-order valence-electron chi connectivity index (χ4n) is 2.82. The molecule has 0 amide bonds. The van der Waals surface area contributed by atoms with Gasteiger partial charge in [-0.05, 0) is 43.3 Å². The van der Waals surface area contributed by atoms with Gasteiger partial charge >= 0.3 is 0 Å². The lowest BCUT2D eigenvalue weighted by Crippen LogP contribution is -2.11. The smallest absolute Gasteiger partial charge is 0.158 e. The molecule has 3 rings (SSSR count). The van der Waals surface area contributed by atoms with Crippen LogP contribution in [0.25, 0.3) is 11.5 Å². The minimum absolute atomic E-state index is 0.799. The molecule has 0 spiro atoms. The fourth-order valence-corrected chi connectivity index (χ4v) is 2.82. The van der Waals surface area contributed by atoms with Crippen LogP contribution in [0.2, 0.25) is 0 Å². The number of imidazole rings is 1. The second kappa shape index (κ2) is 7.41. The van der Waals surface area contributed by atoms with Crippen LogP contribution >= 0.6 is 0 Å². The van der Waals surface area contributed by atoms with Gasteiger partial charge in [-0.1, -0.05) is 37.3 Å². The molecule has 2 heterocycles. The molecule has 0 N–H and O–H groups in total. The molecule has 3 aromatic rings. The first-order valence-electron chi connectivity index (χ1n) is 8.34. The molecule has 0 aliphatic heterocycles. The zero-order valence-corrected chi connectivity index (χ0v) is 14.6. The first-order valence-corrected chi connectivity index (χ1v) is 8.34. The summed E-state index contributed by atoms with van der Waals surface area (Å²) in [4.78, 5) is 11.2. The molecule has 0 unspecified atom stereocenters. The molecule has 2 aromatic heterocycles. The van der Waals surface area contributed by atoms with E-state index in [-0.39, 0.29) is 0 Å². The highest BCUT2D eigenvalue weighted by Crippen LogP contribution is 2.17. The van der Waals surface area contributed by atoms with Gasteiger partial charge in [-0.25, -0.2) is 4.98 Å². The van der Waals surface area contributed by atoms with Gasteiger partial charge in [0.15, 0.2) is 5.82 Å². The maximum Gasteiger partial charge on any atom is 0.158 e. The summed E-state index contributed by atoms with van der Waals surface area (Å²) in [5.74, 6) is 0.913. The molecule has 0 saturated carbocycles. The summed E-state index contributed by atoms with van der Waals surface area (Å²) in [5.41, 5.74) is 4.76. The topological polar surface area (TPSA) is 34.0 Å². The van der Waals surface area contributed by atoms with Gasteiger partial charge in [0.05, 0.1) is 0 Å². The van der Waals surface area contributed by atoms with Gasteiger partial charge < -0.3 is 9.47 Å². The maximum absolute atomic E-state index is 4.56. The summed E-state index contributed by atoms with van der Waals surface area (Å²) < 4.78 is 2.16. The maximum atomic E-state index is 4.56. The lowest BCUT2D eigenvalue weighted by Gasteiger charge is -2.12. The molecule has 0 fully saturated rings. The number of benzene rings is 1. The van der Waals surface area contributed by atoms with Gasteiger partial charge in [-0.3, -0.25) is 4.98 Å². The van der Waals surface area contributed by atoms with E-state index in [2.05, 4.69) is 76.9 Å². The standard InChI is InChI=1S/C20H24N4/c1-4-16-8-9-19(22-13-16)20-21-10-11-24(20)15-18-7-5-6-17(12-18)14-23(2)3/h5-13H,4,14-15H2,1-3H3. The van der Waals surface area contributed by atoms with Crippen LogP contribution in [-0.4, -0.2) is 33.5 Å². The predicted octanol–water partition coefficient (Wildman–Crippen LogP) is 3.62. The molecule has 0 aliphatic rings. The van der Waals surface area contributed by atoms with Crippen LogP contribution in [0.3, 0.4) is 0 Å². The summed E-state index contributed by atoms with van der Waals surface area (Å²) in [6, 6.07) is 12.9. The lowest BCUT2D eigenvalue weighted by atomic mass is 10.1. The molecule has 0 atom stereocenters. The fraction of sp³-hybridized carbons (Fsp3) is 0.300. The number of aryl methyl sites for hydroxylation is 1. The third-order valence-electron chi connectivity index (χ3n) is 4.02. The number of hydrogen-bond acceptors (Lipinski definition) is 3. The predicted molar refractivity (Wildman–Crippen MR) is 97.8 cm³/mol. The molecule has 4 heteroatoms. The molecular weight excluding hydrogens is 296 g/mol. The van der Waals surface area contributed by atoms with Crippen molar-refractivity contribution >= 4 is 0 Å². The van der Waals surface area contributed by atoms with Crippen LogP contribution in [0.1, 0.15) is 23.6 Å². The minimum Gasteiger partial charge on any atom is -0.325 e. The minimum atomic E-state index is 0.799. The Kier molecular flexibility index (Phi) is 5.06. The average Bonchev–Trinajstić information content (AvgIpc) is 3.03. The SMILES string of the molecule is CCc1ccc(-c2nccn2Cc2cccc(CN(C)C)c2)nc1. The highest BCUT2D eigenvalue weighted by atomic mass is 15.1. The quantitative estimate of drug-likeness (QED) is 0.695. The highest BCUT2D eigenvalue weighted by Gasteiger charge is 2.08. The van der Waals surface area contributed by atoms with Crippen molar-refractivity contribution in [3.8, 4) is 11.5 Å². The van der Waals surface area contributed by atoms with E-state index in [0.29, 0.717) is 0 Å². The van der Waals surface area contributed by atoms with Crippen LogP contribution < -0.4 is 0 Å². The van der Waals surface area contributed by atoms with E-state index in [1.807, 2.05) is 18.6 Å². The van der Waals surface area contributed by atoms with Crippen molar-refractivity contribution in [3.05, 3.63) is 71.7 Å². The summed E-state index contributed by atoms with van der Waals surface area (Å²) in [7, 11) is 4.18. The van der Waals surface area contributed by atoms with Crippen LogP contribution in [0.15, 0.2) is 55.0 Å². The van der Waals surface area contributed by atoms with Gasteiger partial charge in [0.1, 0.15) is 5.69 Å². The van der Waals surface area contributed by atoms with Crippen LogP contribution in [0, 0.1) is 0 Å². The monoisotopic (exact) mass is 320 g/mol. The zero-order chi connectivity index (χ0) is 16.9. The van der Waals surface area contributed by atoms with E-state index in [4.69, 9.17) is 0 Å². The molecule has 0 aliphatic carbocycles. The molecule has 124 valence electrons. The van der Waals surface area contributed by atoms with E-state index >= 15 is 0 Å². The van der Waals surface area contributed by atoms with Crippen molar-refractivity contribution in [2.45, 2.75) is 26.4 Å². The first-order chi connectivity index (χ1) is 11.7. The first kappa shape index (κ1) is 16.4. The Morgan fingerprint density at radius 1 is 1.00 bits per heavy atom. The van der Waals surface area contributed by atoms with Crippen molar-refractivity contribution in [2.75, 3.05) is 14.1 Å². The Bertz CT molecular complexity index is 787. The Morgan fingerprint density at radius 3 is 2.54 bits per heavy atom. The Morgan fingerprint density at radius 2 is 1.83 bits per heavy atom. The van der Waals surface area contributed by atoms with E-state index in [0.717, 1.165) is 31.0 Å². The summed E-state index contributed by atoms with van der Waals surface area (Å²) >= 11 is 0. The number of rotatable bonds is 6. The number of hydrogen-bond donors (Lipinski definition) is 0. The molecule has 1 aromatic carbocycles. The van der Waals surface area contributed by atoms with E-state index < -0.39 is 0 Å². The summed E-state index contributed by atoms with van der Waals surface area (Å²) in [5, 5.41) is 0. The third-order valence-corrected chi connectivity index (χ3v) is 4.02. The molecule has 4 nitrogen and oxygen atoms in total. The number of aromatic nitrogens is 3. The van der Waals surface area contributed by atoms with Crippen LogP contribution in [0.4, 0.5) is 0 Å². The van der Waals surface area contributed by atoms with E-state index in [1.165, 1.54) is 16.7 Å². The van der Waals surface area contributed by atoms with Crippen LogP contribution in [-0.2, 0) is 19.5 Å². The molecule has 0 bridgehead atoms. The van der Waals surface area contributed by atoms with Gasteiger partial charge in [0.25, 0.3) is 0 Å².